The van der Waals surface area contributed by atoms with Gasteiger partial charge in [0.2, 0.25) is 0 Å². The topological polar surface area (TPSA) is 58.6 Å². The van der Waals surface area contributed by atoms with Crippen LogP contribution in [0.4, 0.5) is 0 Å². The van der Waals surface area contributed by atoms with Crippen molar-refractivity contribution in [2.24, 2.45) is 0 Å². The molecular formula is C12H16N2O3S. The molecule has 1 saturated heterocycles. The Morgan fingerprint density at radius 1 is 1.61 bits per heavy atom. The summed E-state index contributed by atoms with van der Waals surface area (Å²) in [5.41, 5.74) is 2.37. The Bertz CT molecular complexity index is 419. The van der Waals surface area contributed by atoms with Gasteiger partial charge in [-0.2, -0.15) is 0 Å². The lowest BCUT2D eigenvalue weighted by molar-refractivity contribution is -0.137. The Morgan fingerprint density at radius 2 is 2.44 bits per heavy atom. The van der Waals surface area contributed by atoms with Crippen molar-refractivity contribution in [3.8, 4) is 0 Å². The summed E-state index contributed by atoms with van der Waals surface area (Å²) in [5, 5.41) is 1.86. The molecular weight excluding hydrogens is 252 g/mol. The lowest BCUT2D eigenvalue weighted by Crippen LogP contribution is -2.45. The molecule has 6 heteroatoms. The number of hydrogen-bond donors (Lipinski definition) is 1. The van der Waals surface area contributed by atoms with Crippen LogP contribution in [0.15, 0.2) is 17.5 Å². The Morgan fingerprint density at radius 3 is 3.11 bits per heavy atom. The summed E-state index contributed by atoms with van der Waals surface area (Å²) < 4.78 is 0. The van der Waals surface area contributed by atoms with Gasteiger partial charge in [-0.05, 0) is 31.2 Å². The Balaban J connectivity index is 2.03. The molecule has 0 aliphatic carbocycles. The zero-order valence-corrected chi connectivity index (χ0v) is 11.0. The van der Waals surface area contributed by atoms with Gasteiger partial charge in [-0.1, -0.05) is 6.07 Å². The van der Waals surface area contributed by atoms with Crippen LogP contribution in [0.25, 0.3) is 0 Å². The minimum atomic E-state index is -0.411. The number of amides is 2. The first-order valence-corrected chi connectivity index (χ1v) is 6.88. The van der Waals surface area contributed by atoms with Crippen LogP contribution in [-0.4, -0.2) is 35.9 Å². The molecule has 0 unspecified atom stereocenters. The Labute approximate surface area is 110 Å². The van der Waals surface area contributed by atoms with Crippen molar-refractivity contribution in [3.05, 3.63) is 22.4 Å². The maximum Gasteiger partial charge on any atom is 0.266 e. The monoisotopic (exact) mass is 268 g/mol. The molecule has 1 aliphatic heterocycles. The van der Waals surface area contributed by atoms with Crippen LogP contribution in [0.5, 0.6) is 0 Å². The summed E-state index contributed by atoms with van der Waals surface area (Å²) in [5.74, 6) is -0.307. The van der Waals surface area contributed by atoms with Crippen LogP contribution in [0.1, 0.15) is 29.4 Å². The SMILES string of the molecule is CCONC(=O)[C@@H]1CCCN1C(=O)c1cccs1. The third-order valence-corrected chi connectivity index (χ3v) is 3.72. The third kappa shape index (κ3) is 2.70. The van der Waals surface area contributed by atoms with Crippen LogP contribution in [-0.2, 0) is 9.63 Å². The van der Waals surface area contributed by atoms with Gasteiger partial charge in [0.05, 0.1) is 11.5 Å². The fourth-order valence-electron chi connectivity index (χ4n) is 2.04. The highest BCUT2D eigenvalue weighted by Gasteiger charge is 2.34. The number of carbonyl (C=O) groups excluding carboxylic acids is 2. The van der Waals surface area contributed by atoms with E-state index < -0.39 is 6.04 Å². The standard InChI is InChI=1S/C12H16N2O3S/c1-2-17-13-11(15)9-5-3-7-14(9)12(16)10-6-4-8-18-10/h4,6,8-9H,2-3,5,7H2,1H3,(H,13,15)/t9-/m0/s1. The summed E-state index contributed by atoms with van der Waals surface area (Å²) in [6.45, 7) is 2.84. The van der Waals surface area contributed by atoms with Crippen molar-refractivity contribution in [2.75, 3.05) is 13.2 Å². The molecule has 5 nitrogen and oxygen atoms in total. The molecule has 98 valence electrons. The van der Waals surface area contributed by atoms with E-state index >= 15 is 0 Å². The molecule has 2 rings (SSSR count). The lowest BCUT2D eigenvalue weighted by atomic mass is 10.2. The van der Waals surface area contributed by atoms with E-state index in [1.807, 2.05) is 11.4 Å². The highest BCUT2D eigenvalue weighted by molar-refractivity contribution is 7.12. The van der Waals surface area contributed by atoms with Gasteiger partial charge in [-0.3, -0.25) is 14.4 Å². The fraction of sp³-hybridized carbons (Fsp3) is 0.500. The van der Waals surface area contributed by atoms with E-state index in [4.69, 9.17) is 4.84 Å². The fourth-order valence-corrected chi connectivity index (χ4v) is 2.71. The summed E-state index contributed by atoms with van der Waals surface area (Å²) in [6.07, 6.45) is 1.54. The average Bonchev–Trinajstić information content (AvgIpc) is 3.04. The number of thiophene rings is 1. The number of hydrogen-bond acceptors (Lipinski definition) is 4. The molecule has 0 saturated carbocycles. The van der Waals surface area contributed by atoms with Gasteiger partial charge < -0.3 is 4.90 Å². The highest BCUT2D eigenvalue weighted by atomic mass is 32.1. The molecule has 0 aromatic carbocycles. The second kappa shape index (κ2) is 5.97. The molecule has 2 amide bonds. The van der Waals surface area contributed by atoms with E-state index in [1.54, 1.807) is 17.9 Å². The first-order valence-electron chi connectivity index (χ1n) is 6.00. The van der Waals surface area contributed by atoms with Crippen LogP contribution in [0, 0.1) is 0 Å². The first-order chi connectivity index (χ1) is 8.74. The predicted molar refractivity (Wildman–Crippen MR) is 68.1 cm³/mol. The summed E-state index contributed by atoms with van der Waals surface area (Å²) in [6, 6.07) is 3.21. The summed E-state index contributed by atoms with van der Waals surface area (Å²) >= 11 is 1.40. The van der Waals surface area contributed by atoms with Crippen LogP contribution in [0.3, 0.4) is 0 Å². The minimum Gasteiger partial charge on any atom is -0.326 e. The maximum absolute atomic E-state index is 12.2. The largest absolute Gasteiger partial charge is 0.326 e. The van der Waals surface area contributed by atoms with E-state index in [0.717, 1.165) is 6.42 Å². The number of carbonyl (C=O) groups is 2. The van der Waals surface area contributed by atoms with Gasteiger partial charge in [0.1, 0.15) is 6.04 Å². The molecule has 0 bridgehead atoms. The molecule has 1 atom stereocenters. The van der Waals surface area contributed by atoms with Crippen LogP contribution in [0.2, 0.25) is 0 Å². The van der Waals surface area contributed by atoms with Gasteiger partial charge in [-0.15, -0.1) is 11.3 Å². The van der Waals surface area contributed by atoms with Gasteiger partial charge >= 0.3 is 0 Å². The van der Waals surface area contributed by atoms with Gasteiger partial charge in [0, 0.05) is 6.54 Å². The smallest absolute Gasteiger partial charge is 0.266 e. The van der Waals surface area contributed by atoms with E-state index in [9.17, 15) is 9.59 Å². The van der Waals surface area contributed by atoms with Crippen molar-refractivity contribution >= 4 is 23.2 Å². The third-order valence-electron chi connectivity index (χ3n) is 2.87. The van der Waals surface area contributed by atoms with Gasteiger partial charge in [-0.25, -0.2) is 5.48 Å². The second-order valence-electron chi connectivity index (χ2n) is 4.03. The first kappa shape index (κ1) is 13.0. The number of nitrogens with zero attached hydrogens (tertiary/aromatic N) is 1. The van der Waals surface area contributed by atoms with Gasteiger partial charge in [0.25, 0.3) is 11.8 Å². The molecule has 1 aromatic heterocycles. The van der Waals surface area contributed by atoms with Crippen molar-refractivity contribution < 1.29 is 14.4 Å². The molecule has 1 fully saturated rings. The quantitative estimate of drug-likeness (QED) is 0.840. The normalized spacial score (nSPS) is 18.9. The Hall–Kier alpha value is -1.40. The molecule has 2 heterocycles. The van der Waals surface area contributed by atoms with E-state index in [1.165, 1.54) is 11.3 Å². The molecule has 1 aromatic rings. The zero-order chi connectivity index (χ0) is 13.0. The second-order valence-corrected chi connectivity index (χ2v) is 4.98. The van der Waals surface area contributed by atoms with Crippen molar-refractivity contribution in [2.45, 2.75) is 25.8 Å². The van der Waals surface area contributed by atoms with E-state index in [2.05, 4.69) is 5.48 Å². The lowest BCUT2D eigenvalue weighted by Gasteiger charge is -2.22. The van der Waals surface area contributed by atoms with Crippen LogP contribution >= 0.6 is 11.3 Å². The van der Waals surface area contributed by atoms with Crippen molar-refractivity contribution in [3.63, 3.8) is 0 Å². The molecule has 0 radical (unpaired) electrons. The van der Waals surface area contributed by atoms with Crippen LogP contribution < -0.4 is 5.48 Å². The van der Waals surface area contributed by atoms with Crippen molar-refractivity contribution in [1.82, 2.24) is 10.4 Å². The van der Waals surface area contributed by atoms with E-state index in [0.29, 0.717) is 24.4 Å². The zero-order valence-electron chi connectivity index (χ0n) is 10.2. The number of rotatable bonds is 4. The molecule has 1 aliphatic rings. The van der Waals surface area contributed by atoms with Crippen molar-refractivity contribution in [1.29, 1.82) is 0 Å². The summed E-state index contributed by atoms with van der Waals surface area (Å²) in [7, 11) is 0. The van der Waals surface area contributed by atoms with Gasteiger partial charge in [0.15, 0.2) is 0 Å². The summed E-state index contributed by atoms with van der Waals surface area (Å²) in [4.78, 5) is 31.3. The Kier molecular flexibility index (Phi) is 4.33. The molecule has 1 N–H and O–H groups in total. The number of likely N-dealkylation sites (tertiary alicyclic amines) is 1. The van der Waals surface area contributed by atoms with E-state index in [-0.39, 0.29) is 11.8 Å². The maximum atomic E-state index is 12.2. The minimum absolute atomic E-state index is 0.0702. The number of nitrogens with one attached hydrogen (secondary N) is 1. The molecule has 0 spiro atoms. The molecule has 18 heavy (non-hydrogen) atoms. The average molecular weight is 268 g/mol. The predicted octanol–water partition coefficient (Wildman–Crippen LogP) is 1.42. The highest BCUT2D eigenvalue weighted by Crippen LogP contribution is 2.22. The number of hydroxylamine groups is 1.